The second-order valence-electron chi connectivity index (χ2n) is 6.92. The van der Waals surface area contributed by atoms with Gasteiger partial charge in [0.15, 0.2) is 0 Å². The van der Waals surface area contributed by atoms with E-state index in [2.05, 4.69) is 10.2 Å². The Kier molecular flexibility index (Phi) is 4.56. The van der Waals surface area contributed by atoms with Crippen LogP contribution in [0, 0.1) is 6.92 Å². The average molecular weight is 349 g/mol. The minimum Gasteiger partial charge on any atom is -0.338 e. The van der Waals surface area contributed by atoms with Gasteiger partial charge in [0.05, 0.1) is 30.9 Å². The lowest BCUT2D eigenvalue weighted by molar-refractivity contribution is -0.131. The molecule has 2 aromatic heterocycles. The van der Waals surface area contributed by atoms with E-state index in [0.29, 0.717) is 6.42 Å². The summed E-state index contributed by atoms with van der Waals surface area (Å²) >= 11 is 0. The van der Waals surface area contributed by atoms with Crippen LogP contribution < -0.4 is 0 Å². The van der Waals surface area contributed by atoms with E-state index in [1.54, 1.807) is 6.20 Å². The molecule has 0 spiro atoms. The van der Waals surface area contributed by atoms with Gasteiger partial charge in [0, 0.05) is 25.1 Å². The van der Waals surface area contributed by atoms with Crippen LogP contribution in [-0.4, -0.2) is 43.0 Å². The summed E-state index contributed by atoms with van der Waals surface area (Å²) in [6.07, 6.45) is 10.1. The lowest BCUT2D eigenvalue weighted by atomic mass is 10.1. The largest absolute Gasteiger partial charge is 0.338 e. The maximum absolute atomic E-state index is 12.8. The number of amides is 1. The molecule has 1 aliphatic heterocycles. The summed E-state index contributed by atoms with van der Waals surface area (Å²) in [5.41, 5.74) is 3.18. The summed E-state index contributed by atoms with van der Waals surface area (Å²) in [6.45, 7) is 3.65. The monoisotopic (exact) mass is 349 g/mol. The van der Waals surface area contributed by atoms with Crippen LogP contribution in [-0.2, 0) is 17.8 Å². The van der Waals surface area contributed by atoms with Crippen molar-refractivity contribution in [3.63, 3.8) is 0 Å². The highest BCUT2D eigenvalue weighted by Crippen LogP contribution is 2.20. The minimum atomic E-state index is 0.197. The minimum absolute atomic E-state index is 0.197. The standard InChI is InChI=1S/C20H23N5O/c1-16-13-22-23(14-16)15-19-4-2-10-24(19)20(26)12-17-5-7-18(8-6-17)25-11-3-9-21-25/h3,5-9,11,13-14,19H,2,4,10,12,15H2,1H3. The van der Waals surface area contributed by atoms with Crippen LogP contribution in [0.1, 0.15) is 24.0 Å². The Morgan fingerprint density at radius 3 is 2.77 bits per heavy atom. The van der Waals surface area contributed by atoms with Crippen LogP contribution in [0.25, 0.3) is 5.69 Å². The molecule has 0 aliphatic carbocycles. The zero-order valence-corrected chi connectivity index (χ0v) is 15.0. The first-order valence-corrected chi connectivity index (χ1v) is 9.06. The lowest BCUT2D eigenvalue weighted by Crippen LogP contribution is -2.39. The molecule has 3 aromatic rings. The van der Waals surface area contributed by atoms with Gasteiger partial charge in [0.25, 0.3) is 0 Å². The van der Waals surface area contributed by atoms with Crippen LogP contribution in [0.4, 0.5) is 0 Å². The number of hydrogen-bond acceptors (Lipinski definition) is 3. The van der Waals surface area contributed by atoms with E-state index in [1.165, 1.54) is 0 Å². The molecule has 1 atom stereocenters. The Hall–Kier alpha value is -2.89. The Bertz CT molecular complexity index is 866. The van der Waals surface area contributed by atoms with E-state index >= 15 is 0 Å². The zero-order chi connectivity index (χ0) is 17.9. The molecule has 6 nitrogen and oxygen atoms in total. The Balaban J connectivity index is 1.40. The van der Waals surface area contributed by atoms with Gasteiger partial charge in [-0.2, -0.15) is 10.2 Å². The molecular formula is C20H23N5O. The van der Waals surface area contributed by atoms with Crippen molar-refractivity contribution in [2.75, 3.05) is 6.54 Å². The molecule has 0 N–H and O–H groups in total. The summed E-state index contributed by atoms with van der Waals surface area (Å²) in [5.74, 6) is 0.197. The summed E-state index contributed by atoms with van der Waals surface area (Å²) in [5, 5.41) is 8.59. The number of aryl methyl sites for hydroxylation is 1. The van der Waals surface area contributed by atoms with Crippen molar-refractivity contribution < 1.29 is 4.79 Å². The summed E-state index contributed by atoms with van der Waals surface area (Å²) in [7, 11) is 0. The van der Waals surface area contributed by atoms with Crippen LogP contribution in [0.2, 0.25) is 0 Å². The van der Waals surface area contributed by atoms with Crippen LogP contribution in [0.15, 0.2) is 55.1 Å². The zero-order valence-electron chi connectivity index (χ0n) is 15.0. The average Bonchev–Trinajstić information content (AvgIpc) is 3.38. The topological polar surface area (TPSA) is 56.0 Å². The van der Waals surface area contributed by atoms with Crippen molar-refractivity contribution >= 4 is 5.91 Å². The fraction of sp³-hybridized carbons (Fsp3) is 0.350. The van der Waals surface area contributed by atoms with E-state index in [9.17, 15) is 4.79 Å². The molecule has 4 rings (SSSR count). The van der Waals surface area contributed by atoms with Crippen LogP contribution in [0.3, 0.4) is 0 Å². The van der Waals surface area contributed by atoms with Crippen molar-refractivity contribution in [3.05, 3.63) is 66.2 Å². The van der Waals surface area contributed by atoms with Crippen molar-refractivity contribution in [1.82, 2.24) is 24.5 Å². The number of carbonyl (C=O) groups is 1. The normalized spacial score (nSPS) is 17.0. The smallest absolute Gasteiger partial charge is 0.227 e. The number of hydrogen-bond donors (Lipinski definition) is 0. The summed E-state index contributed by atoms with van der Waals surface area (Å²) < 4.78 is 3.76. The van der Waals surface area contributed by atoms with Gasteiger partial charge in [0.2, 0.25) is 5.91 Å². The maximum atomic E-state index is 12.8. The van der Waals surface area contributed by atoms with E-state index in [4.69, 9.17) is 0 Å². The fourth-order valence-corrected chi connectivity index (χ4v) is 3.60. The van der Waals surface area contributed by atoms with Crippen molar-refractivity contribution in [2.45, 2.75) is 38.8 Å². The van der Waals surface area contributed by atoms with Crippen LogP contribution in [0.5, 0.6) is 0 Å². The quantitative estimate of drug-likeness (QED) is 0.711. The van der Waals surface area contributed by atoms with E-state index in [1.807, 2.05) is 70.1 Å². The molecule has 1 amide bonds. The second-order valence-corrected chi connectivity index (χ2v) is 6.92. The molecule has 1 fully saturated rings. The number of benzene rings is 1. The molecule has 3 heterocycles. The van der Waals surface area contributed by atoms with E-state index in [-0.39, 0.29) is 11.9 Å². The number of rotatable bonds is 5. The highest BCUT2D eigenvalue weighted by atomic mass is 16.2. The van der Waals surface area contributed by atoms with Gasteiger partial charge in [-0.25, -0.2) is 4.68 Å². The predicted octanol–water partition coefficient (Wildman–Crippen LogP) is 2.61. The van der Waals surface area contributed by atoms with Crippen LogP contribution >= 0.6 is 0 Å². The van der Waals surface area contributed by atoms with Gasteiger partial charge in [-0.3, -0.25) is 9.48 Å². The highest BCUT2D eigenvalue weighted by Gasteiger charge is 2.29. The van der Waals surface area contributed by atoms with Crippen molar-refractivity contribution in [1.29, 1.82) is 0 Å². The van der Waals surface area contributed by atoms with Gasteiger partial charge in [-0.05, 0) is 49.1 Å². The van der Waals surface area contributed by atoms with E-state index in [0.717, 1.165) is 42.7 Å². The summed E-state index contributed by atoms with van der Waals surface area (Å²) in [4.78, 5) is 14.8. The first-order chi connectivity index (χ1) is 12.7. The van der Waals surface area contributed by atoms with Gasteiger partial charge in [-0.15, -0.1) is 0 Å². The number of aromatic nitrogens is 4. The third-order valence-electron chi connectivity index (χ3n) is 4.92. The van der Waals surface area contributed by atoms with Crippen molar-refractivity contribution in [3.8, 4) is 5.69 Å². The maximum Gasteiger partial charge on any atom is 0.227 e. The van der Waals surface area contributed by atoms with E-state index < -0.39 is 0 Å². The molecule has 0 saturated carbocycles. The first kappa shape index (κ1) is 16.6. The SMILES string of the molecule is Cc1cnn(CC2CCCN2C(=O)Cc2ccc(-n3cccn3)cc2)c1. The van der Waals surface area contributed by atoms with Gasteiger partial charge >= 0.3 is 0 Å². The molecule has 1 aromatic carbocycles. The molecule has 1 unspecified atom stereocenters. The molecule has 1 saturated heterocycles. The Morgan fingerprint density at radius 1 is 1.23 bits per heavy atom. The number of likely N-dealkylation sites (tertiary alicyclic amines) is 1. The third-order valence-corrected chi connectivity index (χ3v) is 4.92. The molecular weight excluding hydrogens is 326 g/mol. The molecule has 6 heteroatoms. The third kappa shape index (κ3) is 3.54. The lowest BCUT2D eigenvalue weighted by Gasteiger charge is -2.25. The number of carbonyl (C=O) groups excluding carboxylic acids is 1. The predicted molar refractivity (Wildman–Crippen MR) is 99.0 cm³/mol. The van der Waals surface area contributed by atoms with Gasteiger partial charge in [-0.1, -0.05) is 12.1 Å². The van der Waals surface area contributed by atoms with Gasteiger partial charge < -0.3 is 4.90 Å². The Labute approximate surface area is 153 Å². The second kappa shape index (κ2) is 7.15. The molecule has 1 aliphatic rings. The number of nitrogens with zero attached hydrogens (tertiary/aromatic N) is 5. The molecule has 134 valence electrons. The Morgan fingerprint density at radius 2 is 2.08 bits per heavy atom. The van der Waals surface area contributed by atoms with Gasteiger partial charge in [0.1, 0.15) is 0 Å². The molecule has 0 radical (unpaired) electrons. The fourth-order valence-electron chi connectivity index (χ4n) is 3.60. The first-order valence-electron chi connectivity index (χ1n) is 9.06. The van der Waals surface area contributed by atoms with Crippen molar-refractivity contribution in [2.24, 2.45) is 0 Å². The highest BCUT2D eigenvalue weighted by molar-refractivity contribution is 5.79. The summed E-state index contributed by atoms with van der Waals surface area (Å²) in [6, 6.07) is 10.2. The molecule has 26 heavy (non-hydrogen) atoms. The molecule has 0 bridgehead atoms.